The Kier molecular flexibility index (Phi) is 7.42. The standard InChI is InChI=1S/C29H39N3O3/c1-21-13-22(2)16-31(15-21)17-23-7-8-27-28(14-23)35-12-11-32(29(27)34)20-26(33)19-30-10-9-24-5-3-4-6-25(24)18-30/h3-8,14,21-22,26,33H,9-13,15-20H2,1-2H3. The number of aliphatic hydroxyl groups is 1. The summed E-state index contributed by atoms with van der Waals surface area (Å²) in [6, 6.07) is 14.5. The van der Waals surface area contributed by atoms with E-state index in [1.807, 2.05) is 12.1 Å². The van der Waals surface area contributed by atoms with Crippen molar-refractivity contribution in [1.82, 2.24) is 14.7 Å². The summed E-state index contributed by atoms with van der Waals surface area (Å²) in [7, 11) is 0. The van der Waals surface area contributed by atoms with Crippen molar-refractivity contribution < 1.29 is 14.6 Å². The van der Waals surface area contributed by atoms with E-state index in [1.54, 1.807) is 4.90 Å². The number of piperidine rings is 1. The highest BCUT2D eigenvalue weighted by Gasteiger charge is 2.28. The minimum absolute atomic E-state index is 0.0488. The summed E-state index contributed by atoms with van der Waals surface area (Å²) in [6.45, 7) is 11.4. The van der Waals surface area contributed by atoms with Crippen LogP contribution >= 0.6 is 0 Å². The van der Waals surface area contributed by atoms with Crippen LogP contribution in [-0.2, 0) is 19.5 Å². The molecule has 0 saturated carbocycles. The fourth-order valence-corrected chi connectivity index (χ4v) is 6.17. The third kappa shape index (κ3) is 5.88. The average Bonchev–Trinajstić information content (AvgIpc) is 2.97. The van der Waals surface area contributed by atoms with Gasteiger partial charge in [-0.05, 0) is 53.5 Å². The Hall–Kier alpha value is -2.41. The summed E-state index contributed by atoms with van der Waals surface area (Å²) >= 11 is 0. The van der Waals surface area contributed by atoms with Crippen molar-refractivity contribution in [3.63, 3.8) is 0 Å². The van der Waals surface area contributed by atoms with Crippen LogP contribution in [-0.4, -0.2) is 77.7 Å². The number of rotatable bonds is 6. The number of ether oxygens (including phenoxy) is 1. The zero-order chi connectivity index (χ0) is 24.4. The van der Waals surface area contributed by atoms with Gasteiger partial charge in [-0.2, -0.15) is 0 Å². The van der Waals surface area contributed by atoms with E-state index in [2.05, 4.69) is 54.0 Å². The number of amides is 1. The van der Waals surface area contributed by atoms with Crippen molar-refractivity contribution in [3.05, 3.63) is 64.7 Å². The minimum atomic E-state index is -0.590. The monoisotopic (exact) mass is 477 g/mol. The predicted molar refractivity (Wildman–Crippen MR) is 137 cm³/mol. The molecule has 3 aliphatic heterocycles. The highest BCUT2D eigenvalue weighted by Crippen LogP contribution is 2.28. The molecule has 0 aromatic heterocycles. The lowest BCUT2D eigenvalue weighted by atomic mass is 9.91. The van der Waals surface area contributed by atoms with Crippen molar-refractivity contribution >= 4 is 5.91 Å². The molecule has 3 unspecified atom stereocenters. The molecule has 2 aromatic rings. The molecule has 6 heteroatoms. The first-order valence-electron chi connectivity index (χ1n) is 13.2. The third-order valence-corrected chi connectivity index (χ3v) is 7.64. The molecule has 3 heterocycles. The Labute approximate surface area is 209 Å². The number of hydrogen-bond donors (Lipinski definition) is 1. The van der Waals surface area contributed by atoms with Crippen molar-refractivity contribution in [2.24, 2.45) is 11.8 Å². The number of carbonyl (C=O) groups excluding carboxylic acids is 1. The van der Waals surface area contributed by atoms with Crippen molar-refractivity contribution in [1.29, 1.82) is 0 Å². The fraction of sp³-hybridized carbons (Fsp3) is 0.552. The molecule has 0 aliphatic carbocycles. The molecule has 188 valence electrons. The third-order valence-electron chi connectivity index (χ3n) is 7.64. The lowest BCUT2D eigenvalue weighted by molar-refractivity contribution is 0.0501. The first-order valence-corrected chi connectivity index (χ1v) is 13.2. The van der Waals surface area contributed by atoms with E-state index in [0.29, 0.717) is 37.6 Å². The number of carbonyl (C=O) groups is 1. The largest absolute Gasteiger partial charge is 0.491 e. The highest BCUT2D eigenvalue weighted by molar-refractivity contribution is 5.97. The minimum Gasteiger partial charge on any atom is -0.491 e. The van der Waals surface area contributed by atoms with E-state index in [0.717, 1.165) is 51.0 Å². The van der Waals surface area contributed by atoms with E-state index in [-0.39, 0.29) is 5.91 Å². The van der Waals surface area contributed by atoms with Crippen LogP contribution in [0.25, 0.3) is 0 Å². The maximum Gasteiger partial charge on any atom is 0.257 e. The van der Waals surface area contributed by atoms with Gasteiger partial charge < -0.3 is 14.7 Å². The molecule has 3 aliphatic rings. The number of nitrogens with zero attached hydrogens (tertiary/aromatic N) is 3. The number of fused-ring (bicyclic) bond motifs is 2. The van der Waals surface area contributed by atoms with Gasteiger partial charge in [0.25, 0.3) is 5.91 Å². The Bertz CT molecular complexity index is 1030. The second kappa shape index (κ2) is 10.7. The van der Waals surface area contributed by atoms with Gasteiger partial charge in [-0.15, -0.1) is 0 Å². The van der Waals surface area contributed by atoms with E-state index < -0.39 is 6.10 Å². The summed E-state index contributed by atoms with van der Waals surface area (Å²) < 4.78 is 6.02. The van der Waals surface area contributed by atoms with Crippen molar-refractivity contribution in [3.8, 4) is 5.75 Å². The first kappa shape index (κ1) is 24.3. The molecule has 0 spiro atoms. The summed E-state index contributed by atoms with van der Waals surface area (Å²) in [4.78, 5) is 19.9. The highest BCUT2D eigenvalue weighted by atomic mass is 16.5. The first-order chi connectivity index (χ1) is 16.9. The zero-order valence-corrected chi connectivity index (χ0v) is 21.2. The normalized spacial score (nSPS) is 24.3. The molecule has 1 fully saturated rings. The topological polar surface area (TPSA) is 56.2 Å². The van der Waals surface area contributed by atoms with Gasteiger partial charge in [0.2, 0.25) is 0 Å². The van der Waals surface area contributed by atoms with Gasteiger partial charge >= 0.3 is 0 Å². The van der Waals surface area contributed by atoms with Crippen molar-refractivity contribution in [2.45, 2.75) is 45.9 Å². The molecule has 6 nitrogen and oxygen atoms in total. The summed E-state index contributed by atoms with van der Waals surface area (Å²) in [6.07, 6.45) is 1.71. The van der Waals surface area contributed by atoms with Gasteiger partial charge in [-0.1, -0.05) is 44.2 Å². The SMILES string of the molecule is CC1CC(C)CN(Cc2ccc3c(c2)OCCN(CC(O)CN2CCc4ccccc4C2)C3=O)C1. The fourth-order valence-electron chi connectivity index (χ4n) is 6.17. The smallest absolute Gasteiger partial charge is 0.257 e. The van der Waals surface area contributed by atoms with Gasteiger partial charge in [-0.25, -0.2) is 0 Å². The average molecular weight is 478 g/mol. The van der Waals surface area contributed by atoms with Gasteiger partial charge in [0.05, 0.1) is 18.2 Å². The number of benzene rings is 2. The van der Waals surface area contributed by atoms with E-state index >= 15 is 0 Å². The van der Waals surface area contributed by atoms with Gasteiger partial charge in [-0.3, -0.25) is 14.6 Å². The predicted octanol–water partition coefficient (Wildman–Crippen LogP) is 3.42. The number of likely N-dealkylation sites (tertiary alicyclic amines) is 1. The van der Waals surface area contributed by atoms with Crippen LogP contribution in [0, 0.1) is 11.8 Å². The molecular weight excluding hydrogens is 438 g/mol. The van der Waals surface area contributed by atoms with Crippen LogP contribution in [0.1, 0.15) is 47.3 Å². The molecule has 1 amide bonds. The second-order valence-corrected chi connectivity index (χ2v) is 11.0. The molecule has 1 N–H and O–H groups in total. The molecule has 0 radical (unpaired) electrons. The van der Waals surface area contributed by atoms with Crippen LogP contribution < -0.4 is 4.74 Å². The lowest BCUT2D eigenvalue weighted by Crippen LogP contribution is -2.44. The Balaban J connectivity index is 1.19. The Morgan fingerprint density at radius 3 is 2.57 bits per heavy atom. The number of hydrogen-bond acceptors (Lipinski definition) is 5. The van der Waals surface area contributed by atoms with Crippen LogP contribution in [0.4, 0.5) is 0 Å². The molecule has 0 bridgehead atoms. The van der Waals surface area contributed by atoms with E-state index in [9.17, 15) is 9.90 Å². The van der Waals surface area contributed by atoms with Crippen LogP contribution in [0.5, 0.6) is 5.75 Å². The Morgan fingerprint density at radius 2 is 1.77 bits per heavy atom. The van der Waals surface area contributed by atoms with Crippen LogP contribution in [0.3, 0.4) is 0 Å². The van der Waals surface area contributed by atoms with Crippen LogP contribution in [0.2, 0.25) is 0 Å². The Morgan fingerprint density at radius 1 is 1.00 bits per heavy atom. The van der Waals surface area contributed by atoms with Gasteiger partial charge in [0.1, 0.15) is 12.4 Å². The lowest BCUT2D eigenvalue weighted by Gasteiger charge is -2.35. The zero-order valence-electron chi connectivity index (χ0n) is 21.2. The van der Waals surface area contributed by atoms with Crippen LogP contribution in [0.15, 0.2) is 42.5 Å². The molecule has 1 saturated heterocycles. The maximum absolute atomic E-state index is 13.3. The quantitative estimate of drug-likeness (QED) is 0.691. The summed E-state index contributed by atoms with van der Waals surface area (Å²) in [5.41, 5.74) is 4.53. The second-order valence-electron chi connectivity index (χ2n) is 11.0. The van der Waals surface area contributed by atoms with Gasteiger partial charge in [0.15, 0.2) is 0 Å². The molecule has 35 heavy (non-hydrogen) atoms. The van der Waals surface area contributed by atoms with Gasteiger partial charge in [0, 0.05) is 45.8 Å². The molecular formula is C29H39N3O3. The summed E-state index contributed by atoms with van der Waals surface area (Å²) in [5, 5.41) is 10.8. The van der Waals surface area contributed by atoms with E-state index in [1.165, 1.54) is 23.1 Å². The molecule has 3 atom stereocenters. The van der Waals surface area contributed by atoms with E-state index in [4.69, 9.17) is 4.74 Å². The molecule has 5 rings (SSSR count). The number of β-amino-alcohol motifs (C(OH)–C–C–N with tert-alkyl or cyclic N) is 1. The van der Waals surface area contributed by atoms with Crippen molar-refractivity contribution in [2.75, 3.05) is 45.9 Å². The molecule has 2 aromatic carbocycles. The summed E-state index contributed by atoms with van der Waals surface area (Å²) in [5.74, 6) is 2.07. The number of aliphatic hydroxyl groups excluding tert-OH is 1. The maximum atomic E-state index is 13.3.